The number of hydrogen-bond acceptors (Lipinski definition) is 6. The van der Waals surface area contributed by atoms with Crippen LogP contribution in [0.5, 0.6) is 0 Å². The molecule has 0 aliphatic carbocycles. The fourth-order valence-electron chi connectivity index (χ4n) is 1.92. The zero-order valence-corrected chi connectivity index (χ0v) is 13.0. The number of aromatic nitrogens is 2. The van der Waals surface area contributed by atoms with Gasteiger partial charge >= 0.3 is 0 Å². The molecular formula is C14H19N3O3S. The molecular weight excluding hydrogens is 290 g/mol. The van der Waals surface area contributed by atoms with Crippen molar-refractivity contribution in [2.24, 2.45) is 0 Å². The Morgan fingerprint density at radius 1 is 1.24 bits per heavy atom. The SMILES string of the molecule is CCCS(=O)(=O)c1ccc(NCCc2nc(C)no2)cc1. The third-order valence-corrected chi connectivity index (χ3v) is 4.86. The van der Waals surface area contributed by atoms with E-state index < -0.39 is 9.84 Å². The molecule has 2 rings (SSSR count). The van der Waals surface area contributed by atoms with Gasteiger partial charge in [0.15, 0.2) is 15.7 Å². The molecule has 1 heterocycles. The summed E-state index contributed by atoms with van der Waals surface area (Å²) in [5.41, 5.74) is 0.863. The Morgan fingerprint density at radius 3 is 2.52 bits per heavy atom. The fraction of sp³-hybridized carbons (Fsp3) is 0.429. The molecule has 0 radical (unpaired) electrons. The van der Waals surface area contributed by atoms with Crippen molar-refractivity contribution in [3.05, 3.63) is 36.0 Å². The molecule has 0 unspecified atom stereocenters. The van der Waals surface area contributed by atoms with Crippen LogP contribution in [0.3, 0.4) is 0 Å². The first-order chi connectivity index (χ1) is 10.0. The van der Waals surface area contributed by atoms with Crippen molar-refractivity contribution in [3.8, 4) is 0 Å². The second kappa shape index (κ2) is 6.71. The first-order valence-corrected chi connectivity index (χ1v) is 8.52. The normalized spacial score (nSPS) is 11.5. The summed E-state index contributed by atoms with van der Waals surface area (Å²) in [7, 11) is -3.15. The first-order valence-electron chi connectivity index (χ1n) is 6.87. The van der Waals surface area contributed by atoms with E-state index in [0.717, 1.165) is 5.69 Å². The van der Waals surface area contributed by atoms with Crippen molar-refractivity contribution in [1.82, 2.24) is 10.1 Å². The zero-order chi connectivity index (χ0) is 15.3. The van der Waals surface area contributed by atoms with Crippen LogP contribution >= 0.6 is 0 Å². The van der Waals surface area contributed by atoms with Crippen LogP contribution in [0.4, 0.5) is 5.69 Å². The number of aryl methyl sites for hydroxylation is 1. The van der Waals surface area contributed by atoms with Crippen molar-refractivity contribution in [1.29, 1.82) is 0 Å². The van der Waals surface area contributed by atoms with Gasteiger partial charge in [-0.25, -0.2) is 8.42 Å². The molecule has 0 amide bonds. The van der Waals surface area contributed by atoms with Gasteiger partial charge in [-0.3, -0.25) is 0 Å². The predicted molar refractivity (Wildman–Crippen MR) is 80.0 cm³/mol. The molecule has 21 heavy (non-hydrogen) atoms. The summed E-state index contributed by atoms with van der Waals surface area (Å²) in [6.45, 7) is 4.27. The van der Waals surface area contributed by atoms with Gasteiger partial charge in [0.05, 0.1) is 10.6 Å². The van der Waals surface area contributed by atoms with Crippen molar-refractivity contribution < 1.29 is 12.9 Å². The van der Waals surface area contributed by atoms with Crippen molar-refractivity contribution in [2.45, 2.75) is 31.6 Å². The molecule has 6 nitrogen and oxygen atoms in total. The molecule has 1 N–H and O–H groups in total. The zero-order valence-electron chi connectivity index (χ0n) is 12.2. The molecule has 0 aliphatic rings. The number of hydrogen-bond donors (Lipinski definition) is 1. The highest BCUT2D eigenvalue weighted by Crippen LogP contribution is 2.16. The van der Waals surface area contributed by atoms with Gasteiger partial charge in [-0.15, -0.1) is 0 Å². The molecule has 0 atom stereocenters. The van der Waals surface area contributed by atoms with Crippen LogP contribution in [0, 0.1) is 6.92 Å². The smallest absolute Gasteiger partial charge is 0.228 e. The van der Waals surface area contributed by atoms with Crippen LogP contribution in [0.25, 0.3) is 0 Å². The Kier molecular flexibility index (Phi) is 4.95. The lowest BCUT2D eigenvalue weighted by Gasteiger charge is -2.07. The minimum Gasteiger partial charge on any atom is -0.385 e. The predicted octanol–water partition coefficient (Wildman–Crippen LogP) is 2.22. The van der Waals surface area contributed by atoms with Gasteiger partial charge in [0.1, 0.15) is 0 Å². The molecule has 1 aromatic carbocycles. The number of anilines is 1. The third-order valence-electron chi connectivity index (χ3n) is 2.92. The van der Waals surface area contributed by atoms with Gasteiger partial charge < -0.3 is 9.84 Å². The number of benzene rings is 1. The first kappa shape index (κ1) is 15.5. The Hall–Kier alpha value is -1.89. The average molecular weight is 309 g/mol. The van der Waals surface area contributed by atoms with Crippen LogP contribution in [-0.4, -0.2) is 30.9 Å². The monoisotopic (exact) mass is 309 g/mol. The lowest BCUT2D eigenvalue weighted by molar-refractivity contribution is 0.377. The van der Waals surface area contributed by atoms with E-state index in [2.05, 4.69) is 15.5 Å². The van der Waals surface area contributed by atoms with Gasteiger partial charge in [0, 0.05) is 18.7 Å². The molecule has 0 spiro atoms. The number of nitrogens with zero attached hydrogens (tertiary/aromatic N) is 2. The summed E-state index contributed by atoms with van der Waals surface area (Å²) in [5, 5.41) is 6.91. The highest BCUT2D eigenvalue weighted by Gasteiger charge is 2.12. The minimum atomic E-state index is -3.15. The summed E-state index contributed by atoms with van der Waals surface area (Å²) in [6, 6.07) is 6.79. The second-order valence-electron chi connectivity index (χ2n) is 4.76. The van der Waals surface area contributed by atoms with Crippen molar-refractivity contribution in [3.63, 3.8) is 0 Å². The topological polar surface area (TPSA) is 85.1 Å². The number of rotatable bonds is 7. The van der Waals surface area contributed by atoms with Crippen LogP contribution in [0.2, 0.25) is 0 Å². The van der Waals surface area contributed by atoms with E-state index in [9.17, 15) is 8.42 Å². The lowest BCUT2D eigenvalue weighted by Crippen LogP contribution is -2.07. The summed E-state index contributed by atoms with van der Waals surface area (Å²) < 4.78 is 28.8. The summed E-state index contributed by atoms with van der Waals surface area (Å²) in [5.74, 6) is 1.38. The molecule has 7 heteroatoms. The molecule has 114 valence electrons. The third kappa shape index (κ3) is 4.29. The maximum absolute atomic E-state index is 11.9. The van der Waals surface area contributed by atoms with E-state index in [1.54, 1.807) is 31.2 Å². The number of nitrogens with one attached hydrogen (secondary N) is 1. The van der Waals surface area contributed by atoms with Crippen molar-refractivity contribution in [2.75, 3.05) is 17.6 Å². The van der Waals surface area contributed by atoms with E-state index >= 15 is 0 Å². The molecule has 1 aromatic heterocycles. The largest absolute Gasteiger partial charge is 0.385 e. The fourth-order valence-corrected chi connectivity index (χ4v) is 3.25. The molecule has 0 aliphatic heterocycles. The highest BCUT2D eigenvalue weighted by molar-refractivity contribution is 7.91. The quantitative estimate of drug-likeness (QED) is 0.844. The molecule has 0 bridgehead atoms. The molecule has 0 fully saturated rings. The van der Waals surface area contributed by atoms with Gasteiger partial charge in [-0.1, -0.05) is 12.1 Å². The Bertz CT molecular complexity index is 678. The van der Waals surface area contributed by atoms with Crippen LogP contribution in [-0.2, 0) is 16.3 Å². The van der Waals surface area contributed by atoms with Crippen LogP contribution in [0.15, 0.2) is 33.7 Å². The highest BCUT2D eigenvalue weighted by atomic mass is 32.2. The number of sulfone groups is 1. The van der Waals surface area contributed by atoms with E-state index in [-0.39, 0.29) is 5.75 Å². The standard InChI is InChI=1S/C14H19N3O3S/c1-3-10-21(18,19)13-6-4-12(5-7-13)15-9-8-14-16-11(2)17-20-14/h4-7,15H,3,8-10H2,1-2H3. The van der Waals surface area contributed by atoms with Crippen molar-refractivity contribution >= 4 is 15.5 Å². The molecule has 0 saturated heterocycles. The second-order valence-corrected chi connectivity index (χ2v) is 6.86. The van der Waals surface area contributed by atoms with Crippen LogP contribution in [0.1, 0.15) is 25.1 Å². The minimum absolute atomic E-state index is 0.177. The average Bonchev–Trinajstić information content (AvgIpc) is 2.85. The van der Waals surface area contributed by atoms with E-state index in [1.807, 2.05) is 6.92 Å². The van der Waals surface area contributed by atoms with Gasteiger partial charge in [0.25, 0.3) is 0 Å². The Morgan fingerprint density at radius 2 is 1.95 bits per heavy atom. The lowest BCUT2D eigenvalue weighted by atomic mass is 10.3. The van der Waals surface area contributed by atoms with Crippen LogP contribution < -0.4 is 5.32 Å². The Labute approximate surface area is 124 Å². The molecule has 2 aromatic rings. The van der Waals surface area contributed by atoms with E-state index in [1.165, 1.54) is 0 Å². The van der Waals surface area contributed by atoms with Gasteiger partial charge in [-0.05, 0) is 37.6 Å². The van der Waals surface area contributed by atoms with Gasteiger partial charge in [-0.2, -0.15) is 4.98 Å². The van der Waals surface area contributed by atoms with E-state index in [4.69, 9.17) is 4.52 Å². The maximum Gasteiger partial charge on any atom is 0.228 e. The summed E-state index contributed by atoms with van der Waals surface area (Å²) in [6.07, 6.45) is 1.24. The summed E-state index contributed by atoms with van der Waals surface area (Å²) >= 11 is 0. The molecule has 0 saturated carbocycles. The maximum atomic E-state index is 11.9. The Balaban J connectivity index is 1.90. The summed E-state index contributed by atoms with van der Waals surface area (Å²) in [4.78, 5) is 4.48. The van der Waals surface area contributed by atoms with Gasteiger partial charge in [0.2, 0.25) is 5.89 Å². The van der Waals surface area contributed by atoms with E-state index in [0.29, 0.717) is 36.0 Å².